The highest BCUT2D eigenvalue weighted by molar-refractivity contribution is 6.00. The molecule has 1 aliphatic rings. The molecule has 1 aliphatic heterocycles. The van der Waals surface area contributed by atoms with Gasteiger partial charge in [-0.15, -0.1) is 0 Å². The maximum Gasteiger partial charge on any atom is 0.323 e. The van der Waals surface area contributed by atoms with Gasteiger partial charge in [-0.25, -0.2) is 4.79 Å². The van der Waals surface area contributed by atoms with Crippen LogP contribution >= 0.6 is 0 Å². The normalized spacial score (nSPS) is 12.3. The lowest BCUT2D eigenvalue weighted by Crippen LogP contribution is -2.56. The standard InChI is InChI=1S/C32H42N6O7.C3H8.CH2O/c1-20(2)38(26(17-30(42)43)31(44)34-18-28(40)37-13-5-6-14-37)29(41)19-33-27(39)16-23-9-11-24(12-10-23)35-32(45)36-25-15-21(3)7-8-22(25)4;1-3-2;1-2/h7-12,15,20,26H,5-6,13-14,16-19H2,1-4H3,(H,33,39)(H,34,44)(H,42,43)(H2,35,36,45);3H2,1-2H3;1H2. The highest BCUT2D eigenvalue weighted by Gasteiger charge is 2.34. The topological polar surface area (TPSA) is 194 Å². The summed E-state index contributed by atoms with van der Waals surface area (Å²) in [5.41, 5.74) is 3.80. The molecular weight excluding hydrogens is 644 g/mol. The van der Waals surface area contributed by atoms with Crippen LogP contribution in [0.3, 0.4) is 0 Å². The molecular formula is C36H52N6O8. The van der Waals surface area contributed by atoms with E-state index in [1.807, 2.05) is 38.8 Å². The zero-order valence-corrected chi connectivity index (χ0v) is 30.0. The number of rotatable bonds is 13. The Kier molecular flexibility index (Phi) is 19.1. The van der Waals surface area contributed by atoms with Gasteiger partial charge in [0.05, 0.1) is 25.9 Å². The fourth-order valence-corrected chi connectivity index (χ4v) is 5.04. The summed E-state index contributed by atoms with van der Waals surface area (Å²) in [5.74, 6) is -3.41. The first-order valence-corrected chi connectivity index (χ1v) is 16.6. The van der Waals surface area contributed by atoms with Gasteiger partial charge < -0.3 is 41.0 Å². The van der Waals surface area contributed by atoms with Gasteiger partial charge in [0.1, 0.15) is 12.8 Å². The molecule has 2 aromatic rings. The van der Waals surface area contributed by atoms with Crippen molar-refractivity contribution in [2.75, 3.05) is 36.8 Å². The Morgan fingerprint density at radius 3 is 2.04 bits per heavy atom. The summed E-state index contributed by atoms with van der Waals surface area (Å²) >= 11 is 0. The number of nitrogens with one attached hydrogen (secondary N) is 4. The molecule has 0 spiro atoms. The summed E-state index contributed by atoms with van der Waals surface area (Å²) in [6.45, 7) is 13.8. The van der Waals surface area contributed by atoms with Gasteiger partial charge in [0.15, 0.2) is 0 Å². The summed E-state index contributed by atoms with van der Waals surface area (Å²) in [5, 5.41) is 20.0. The third kappa shape index (κ3) is 14.9. The number of amides is 6. The van der Waals surface area contributed by atoms with Crippen LogP contribution in [0.15, 0.2) is 42.5 Å². The lowest BCUT2D eigenvalue weighted by atomic mass is 10.1. The van der Waals surface area contributed by atoms with Gasteiger partial charge >= 0.3 is 12.0 Å². The van der Waals surface area contributed by atoms with Crippen molar-refractivity contribution in [1.82, 2.24) is 20.4 Å². The molecule has 5 N–H and O–H groups in total. The molecule has 2 aromatic carbocycles. The fourth-order valence-electron chi connectivity index (χ4n) is 5.04. The zero-order valence-electron chi connectivity index (χ0n) is 30.0. The number of nitrogens with zero attached hydrogens (tertiary/aromatic N) is 2. The van der Waals surface area contributed by atoms with Crippen molar-refractivity contribution < 1.29 is 38.7 Å². The first kappa shape index (κ1) is 42.8. The van der Waals surface area contributed by atoms with Crippen molar-refractivity contribution in [3.8, 4) is 0 Å². The minimum atomic E-state index is -1.37. The molecule has 0 aliphatic carbocycles. The zero-order chi connectivity index (χ0) is 37.8. The van der Waals surface area contributed by atoms with Gasteiger partial charge in [0, 0.05) is 30.5 Å². The van der Waals surface area contributed by atoms with E-state index in [4.69, 9.17) is 4.79 Å². The molecule has 0 saturated carbocycles. The predicted molar refractivity (Wildman–Crippen MR) is 192 cm³/mol. The molecule has 0 aromatic heterocycles. The Morgan fingerprint density at radius 1 is 0.880 bits per heavy atom. The van der Waals surface area contributed by atoms with Crippen molar-refractivity contribution in [1.29, 1.82) is 0 Å². The van der Waals surface area contributed by atoms with E-state index < -0.39 is 54.8 Å². The van der Waals surface area contributed by atoms with Gasteiger partial charge in [-0.3, -0.25) is 24.0 Å². The third-order valence-electron chi connectivity index (χ3n) is 7.38. The van der Waals surface area contributed by atoms with Crippen LogP contribution in [-0.4, -0.2) is 95.6 Å². The lowest BCUT2D eigenvalue weighted by Gasteiger charge is -2.33. The molecule has 3 rings (SSSR count). The van der Waals surface area contributed by atoms with Crippen molar-refractivity contribution in [2.24, 2.45) is 0 Å². The van der Waals surface area contributed by atoms with E-state index in [9.17, 15) is 33.9 Å². The van der Waals surface area contributed by atoms with Crippen molar-refractivity contribution in [3.05, 3.63) is 59.2 Å². The van der Waals surface area contributed by atoms with E-state index >= 15 is 0 Å². The quantitative estimate of drug-likeness (QED) is 0.209. The van der Waals surface area contributed by atoms with Crippen LogP contribution < -0.4 is 21.3 Å². The van der Waals surface area contributed by atoms with Crippen molar-refractivity contribution >= 4 is 53.8 Å². The molecule has 6 amide bonds. The van der Waals surface area contributed by atoms with Crippen molar-refractivity contribution in [2.45, 2.75) is 85.7 Å². The number of likely N-dealkylation sites (tertiary alicyclic amines) is 1. The molecule has 1 unspecified atom stereocenters. The van der Waals surface area contributed by atoms with E-state index in [-0.39, 0.29) is 18.9 Å². The molecule has 274 valence electrons. The number of aliphatic carboxylic acids is 1. The number of benzene rings is 2. The smallest absolute Gasteiger partial charge is 0.323 e. The van der Waals surface area contributed by atoms with Crippen LogP contribution in [0.4, 0.5) is 16.2 Å². The highest BCUT2D eigenvalue weighted by atomic mass is 16.4. The molecule has 0 bridgehead atoms. The maximum absolute atomic E-state index is 13.2. The van der Waals surface area contributed by atoms with Crippen molar-refractivity contribution in [3.63, 3.8) is 0 Å². The molecule has 0 radical (unpaired) electrons. The summed E-state index contributed by atoms with van der Waals surface area (Å²) in [6, 6.07) is 10.1. The van der Waals surface area contributed by atoms with Crippen LogP contribution in [0, 0.1) is 13.8 Å². The van der Waals surface area contributed by atoms with Crippen LogP contribution in [-0.2, 0) is 35.2 Å². The Balaban J connectivity index is 0.00000237. The predicted octanol–water partition coefficient (Wildman–Crippen LogP) is 3.66. The van der Waals surface area contributed by atoms with Crippen LogP contribution in [0.1, 0.15) is 70.1 Å². The molecule has 14 heteroatoms. The van der Waals surface area contributed by atoms with Gasteiger partial charge in [-0.1, -0.05) is 44.5 Å². The average molecular weight is 697 g/mol. The molecule has 1 saturated heterocycles. The summed E-state index contributed by atoms with van der Waals surface area (Å²) in [6.07, 6.45) is 2.31. The number of urea groups is 1. The number of carboxylic acids is 1. The number of hydrogen-bond donors (Lipinski definition) is 5. The maximum atomic E-state index is 13.2. The summed E-state index contributed by atoms with van der Waals surface area (Å²) < 4.78 is 0. The molecule has 1 atom stereocenters. The second-order valence-corrected chi connectivity index (χ2v) is 12.1. The fraction of sp³-hybridized carbons (Fsp3) is 0.472. The SMILES string of the molecule is C=O.CCC.Cc1ccc(C)c(NC(=O)Nc2ccc(CC(=O)NCC(=O)N(C(C)C)C(CC(=O)O)C(=O)NCC(=O)N3CCCC3)cc2)c1. The van der Waals surface area contributed by atoms with E-state index in [2.05, 4.69) is 35.1 Å². The highest BCUT2D eigenvalue weighted by Crippen LogP contribution is 2.18. The van der Waals surface area contributed by atoms with Gasteiger partial charge in [0.25, 0.3) is 0 Å². The number of hydrogen-bond acceptors (Lipinski definition) is 7. The van der Waals surface area contributed by atoms with E-state index in [0.29, 0.717) is 30.0 Å². The Morgan fingerprint density at radius 2 is 1.48 bits per heavy atom. The first-order chi connectivity index (χ1) is 23.7. The second kappa shape index (κ2) is 22.4. The van der Waals surface area contributed by atoms with Gasteiger partial charge in [-0.2, -0.15) is 0 Å². The minimum absolute atomic E-state index is 0.0540. The number of carbonyl (C=O) groups is 7. The Labute approximate surface area is 294 Å². The Bertz CT molecular complexity index is 1440. The van der Waals surface area contributed by atoms with Crippen LogP contribution in [0.2, 0.25) is 0 Å². The molecule has 1 heterocycles. The summed E-state index contributed by atoms with van der Waals surface area (Å²) in [4.78, 5) is 85.9. The van der Waals surface area contributed by atoms with E-state index in [1.165, 1.54) is 6.42 Å². The number of carbonyl (C=O) groups excluding carboxylic acids is 6. The molecule has 50 heavy (non-hydrogen) atoms. The first-order valence-electron chi connectivity index (χ1n) is 16.6. The molecule has 1 fully saturated rings. The van der Waals surface area contributed by atoms with Crippen LogP contribution in [0.5, 0.6) is 0 Å². The second-order valence-electron chi connectivity index (χ2n) is 12.1. The monoisotopic (exact) mass is 696 g/mol. The number of anilines is 2. The van der Waals surface area contributed by atoms with E-state index in [0.717, 1.165) is 28.9 Å². The Hall–Kier alpha value is -5.27. The number of carboxylic acid groups (broad SMARTS) is 1. The van der Waals surface area contributed by atoms with Gasteiger partial charge in [-0.05, 0) is 75.4 Å². The lowest BCUT2D eigenvalue weighted by molar-refractivity contribution is -0.148. The van der Waals surface area contributed by atoms with Gasteiger partial charge in [0.2, 0.25) is 23.6 Å². The minimum Gasteiger partial charge on any atom is -0.481 e. The molecule has 14 nitrogen and oxygen atoms in total. The average Bonchev–Trinajstić information content (AvgIpc) is 3.61. The van der Waals surface area contributed by atoms with E-state index in [1.54, 1.807) is 43.0 Å². The largest absolute Gasteiger partial charge is 0.481 e. The summed E-state index contributed by atoms with van der Waals surface area (Å²) in [7, 11) is 0. The van der Waals surface area contributed by atoms with Crippen LogP contribution in [0.25, 0.3) is 0 Å². The number of aryl methyl sites for hydroxylation is 2. The third-order valence-corrected chi connectivity index (χ3v) is 7.38.